The lowest BCUT2D eigenvalue weighted by molar-refractivity contribution is 0.0954. The highest BCUT2D eigenvalue weighted by atomic mass is 32.1. The molecule has 1 aromatic heterocycles. The van der Waals surface area contributed by atoms with Gasteiger partial charge in [-0.15, -0.1) is 11.3 Å². The van der Waals surface area contributed by atoms with Gasteiger partial charge in [0.05, 0.1) is 19.9 Å². The minimum absolute atomic E-state index is 0.0574. The lowest BCUT2D eigenvalue weighted by atomic mass is 10.2. The molecule has 0 aliphatic rings. The first kappa shape index (κ1) is 24.1. The van der Waals surface area contributed by atoms with Gasteiger partial charge < -0.3 is 25.4 Å². The molecular weight excluding hydrogens is 440 g/mol. The van der Waals surface area contributed by atoms with Gasteiger partial charge in [0.25, 0.3) is 5.91 Å². The standard InChI is InChI=1S/C24H28N4O4S/c1-14(2)26-24(30)28-18-9-6-16(7-10-18)13-25-22(29)21-15(3)27-23(33-21)17-8-11-19(31-4)20(12-17)32-5/h6-12,14H,13H2,1-5H3,(H,25,29)(H2,26,28,30). The second-order valence-corrected chi connectivity index (χ2v) is 8.64. The third-order valence-electron chi connectivity index (χ3n) is 4.72. The van der Waals surface area contributed by atoms with Crippen LogP contribution in [0.1, 0.15) is 34.8 Å². The number of anilines is 1. The highest BCUT2D eigenvalue weighted by Crippen LogP contribution is 2.35. The molecule has 0 atom stereocenters. The zero-order chi connectivity index (χ0) is 24.0. The first-order valence-corrected chi connectivity index (χ1v) is 11.3. The van der Waals surface area contributed by atoms with Gasteiger partial charge in [-0.25, -0.2) is 9.78 Å². The molecule has 2 aromatic carbocycles. The highest BCUT2D eigenvalue weighted by Gasteiger charge is 2.17. The number of amides is 3. The van der Waals surface area contributed by atoms with E-state index in [1.165, 1.54) is 11.3 Å². The van der Waals surface area contributed by atoms with Crippen molar-refractivity contribution in [1.82, 2.24) is 15.6 Å². The minimum atomic E-state index is -0.253. The summed E-state index contributed by atoms with van der Waals surface area (Å²) in [5.41, 5.74) is 3.11. The van der Waals surface area contributed by atoms with Gasteiger partial charge >= 0.3 is 6.03 Å². The van der Waals surface area contributed by atoms with Crippen LogP contribution in [0.25, 0.3) is 10.6 Å². The fourth-order valence-electron chi connectivity index (χ4n) is 3.10. The Morgan fingerprint density at radius 3 is 2.36 bits per heavy atom. The second-order valence-electron chi connectivity index (χ2n) is 7.64. The van der Waals surface area contributed by atoms with Crippen LogP contribution in [0.15, 0.2) is 42.5 Å². The van der Waals surface area contributed by atoms with E-state index >= 15 is 0 Å². The molecule has 0 radical (unpaired) electrons. The zero-order valence-corrected chi connectivity index (χ0v) is 20.1. The molecule has 33 heavy (non-hydrogen) atoms. The number of rotatable bonds is 8. The van der Waals surface area contributed by atoms with Gasteiger partial charge in [0.15, 0.2) is 11.5 Å². The summed E-state index contributed by atoms with van der Waals surface area (Å²) in [5.74, 6) is 1.05. The first-order chi connectivity index (χ1) is 15.8. The second kappa shape index (κ2) is 10.8. The van der Waals surface area contributed by atoms with E-state index in [0.717, 1.165) is 16.1 Å². The topological polar surface area (TPSA) is 102 Å². The summed E-state index contributed by atoms with van der Waals surface area (Å²) in [5, 5.41) is 9.21. The number of ether oxygens (including phenoxy) is 2. The average Bonchev–Trinajstić information content (AvgIpc) is 3.19. The van der Waals surface area contributed by atoms with Crippen molar-refractivity contribution in [2.75, 3.05) is 19.5 Å². The maximum Gasteiger partial charge on any atom is 0.319 e. The number of thiazole rings is 1. The van der Waals surface area contributed by atoms with E-state index in [9.17, 15) is 9.59 Å². The Kier molecular flexibility index (Phi) is 7.89. The van der Waals surface area contributed by atoms with Crippen molar-refractivity contribution < 1.29 is 19.1 Å². The SMILES string of the molecule is COc1ccc(-c2nc(C)c(C(=O)NCc3ccc(NC(=O)NC(C)C)cc3)s2)cc1OC. The molecule has 1 heterocycles. The Labute approximate surface area is 197 Å². The Morgan fingerprint density at radius 1 is 1.03 bits per heavy atom. The molecule has 3 amide bonds. The summed E-state index contributed by atoms with van der Waals surface area (Å²) in [6, 6.07) is 12.7. The van der Waals surface area contributed by atoms with Crippen LogP contribution in [0.3, 0.4) is 0 Å². The predicted molar refractivity (Wildman–Crippen MR) is 130 cm³/mol. The maximum absolute atomic E-state index is 12.8. The molecule has 0 aliphatic carbocycles. The fourth-order valence-corrected chi connectivity index (χ4v) is 4.08. The third kappa shape index (κ3) is 6.23. The molecule has 3 N–H and O–H groups in total. The Balaban J connectivity index is 1.63. The zero-order valence-electron chi connectivity index (χ0n) is 19.3. The number of hydrogen-bond acceptors (Lipinski definition) is 6. The molecular formula is C24H28N4O4S. The van der Waals surface area contributed by atoms with Crippen molar-refractivity contribution in [3.8, 4) is 22.1 Å². The van der Waals surface area contributed by atoms with E-state index in [4.69, 9.17) is 9.47 Å². The van der Waals surface area contributed by atoms with Crippen LogP contribution in [0.2, 0.25) is 0 Å². The van der Waals surface area contributed by atoms with Gasteiger partial charge in [0.2, 0.25) is 0 Å². The molecule has 8 nitrogen and oxygen atoms in total. The van der Waals surface area contributed by atoms with Crippen LogP contribution in [-0.2, 0) is 6.54 Å². The molecule has 9 heteroatoms. The molecule has 0 fully saturated rings. The smallest absolute Gasteiger partial charge is 0.319 e. The number of aryl methyl sites for hydroxylation is 1. The number of urea groups is 1. The number of hydrogen-bond donors (Lipinski definition) is 3. The molecule has 0 saturated carbocycles. The van der Waals surface area contributed by atoms with E-state index in [0.29, 0.717) is 34.3 Å². The van der Waals surface area contributed by atoms with Crippen molar-refractivity contribution in [3.05, 3.63) is 58.6 Å². The van der Waals surface area contributed by atoms with Gasteiger partial charge in [-0.1, -0.05) is 12.1 Å². The average molecular weight is 469 g/mol. The van der Waals surface area contributed by atoms with Crippen LogP contribution >= 0.6 is 11.3 Å². The third-order valence-corrected chi connectivity index (χ3v) is 5.92. The van der Waals surface area contributed by atoms with Gasteiger partial charge in [0, 0.05) is 23.8 Å². The molecule has 0 unspecified atom stereocenters. The van der Waals surface area contributed by atoms with Crippen LogP contribution in [0.4, 0.5) is 10.5 Å². The quantitative estimate of drug-likeness (QED) is 0.449. The summed E-state index contributed by atoms with van der Waals surface area (Å²) in [6.07, 6.45) is 0. The van der Waals surface area contributed by atoms with Crippen LogP contribution in [-0.4, -0.2) is 37.2 Å². The fraction of sp³-hybridized carbons (Fsp3) is 0.292. The lowest BCUT2D eigenvalue weighted by Gasteiger charge is -2.10. The number of nitrogens with one attached hydrogen (secondary N) is 3. The lowest BCUT2D eigenvalue weighted by Crippen LogP contribution is -2.34. The molecule has 0 saturated heterocycles. The summed E-state index contributed by atoms with van der Waals surface area (Å²) in [4.78, 5) is 29.7. The molecule has 3 rings (SSSR count). The number of nitrogens with zero attached hydrogens (tertiary/aromatic N) is 1. The molecule has 0 spiro atoms. The van der Waals surface area contributed by atoms with Crippen molar-refractivity contribution in [3.63, 3.8) is 0 Å². The van der Waals surface area contributed by atoms with Crippen LogP contribution in [0, 0.1) is 6.92 Å². The molecule has 3 aromatic rings. The van der Waals surface area contributed by atoms with Gasteiger partial charge in [-0.2, -0.15) is 0 Å². The van der Waals surface area contributed by atoms with Gasteiger partial charge in [-0.05, 0) is 56.7 Å². The number of methoxy groups -OCH3 is 2. The maximum atomic E-state index is 12.8. The highest BCUT2D eigenvalue weighted by molar-refractivity contribution is 7.17. The molecule has 174 valence electrons. The Hall–Kier alpha value is -3.59. The van der Waals surface area contributed by atoms with E-state index in [1.54, 1.807) is 26.4 Å². The van der Waals surface area contributed by atoms with Crippen molar-refractivity contribution in [2.24, 2.45) is 0 Å². The largest absolute Gasteiger partial charge is 0.493 e. The normalized spacial score (nSPS) is 10.6. The van der Waals surface area contributed by atoms with E-state index < -0.39 is 0 Å². The van der Waals surface area contributed by atoms with Crippen molar-refractivity contribution in [2.45, 2.75) is 33.4 Å². The van der Waals surface area contributed by atoms with Gasteiger partial charge in [-0.3, -0.25) is 4.79 Å². The summed E-state index contributed by atoms with van der Waals surface area (Å²) in [7, 11) is 3.16. The Bertz CT molecular complexity index is 1130. The van der Waals surface area contributed by atoms with E-state index in [1.807, 2.05) is 51.1 Å². The molecule has 0 aliphatic heterocycles. The number of aromatic nitrogens is 1. The monoisotopic (exact) mass is 468 g/mol. The van der Waals surface area contributed by atoms with Crippen molar-refractivity contribution in [1.29, 1.82) is 0 Å². The number of benzene rings is 2. The van der Waals surface area contributed by atoms with E-state index in [-0.39, 0.29) is 18.0 Å². The van der Waals surface area contributed by atoms with Crippen LogP contribution < -0.4 is 25.4 Å². The Morgan fingerprint density at radius 2 is 1.73 bits per heavy atom. The molecule has 0 bridgehead atoms. The summed E-state index contributed by atoms with van der Waals surface area (Å²) in [6.45, 7) is 5.97. The van der Waals surface area contributed by atoms with Crippen LogP contribution in [0.5, 0.6) is 11.5 Å². The predicted octanol–water partition coefficient (Wildman–Crippen LogP) is 4.60. The van der Waals surface area contributed by atoms with Crippen molar-refractivity contribution >= 4 is 29.0 Å². The minimum Gasteiger partial charge on any atom is -0.493 e. The number of carbonyl (C=O) groups excluding carboxylic acids is 2. The summed E-state index contributed by atoms with van der Waals surface area (Å²) >= 11 is 1.33. The summed E-state index contributed by atoms with van der Waals surface area (Å²) < 4.78 is 10.6. The first-order valence-electron chi connectivity index (χ1n) is 10.4. The number of carbonyl (C=O) groups is 2. The van der Waals surface area contributed by atoms with Gasteiger partial charge in [0.1, 0.15) is 9.88 Å². The van der Waals surface area contributed by atoms with E-state index in [2.05, 4.69) is 20.9 Å².